The first-order valence-corrected chi connectivity index (χ1v) is 11.0. The molecular formula is C22H38N4O5. The van der Waals surface area contributed by atoms with Gasteiger partial charge in [-0.05, 0) is 38.5 Å². The Bertz CT molecular complexity index is 679. The number of nitrogens with one attached hydrogen (secondary N) is 3. The third kappa shape index (κ3) is 7.65. The smallest absolute Gasteiger partial charge is 0.310 e. The highest BCUT2D eigenvalue weighted by Crippen LogP contribution is 2.18. The number of carbonyl (C=O) groups excluding carboxylic acids is 4. The second kappa shape index (κ2) is 12.4. The second-order valence-corrected chi connectivity index (χ2v) is 8.43. The van der Waals surface area contributed by atoms with E-state index >= 15 is 0 Å². The zero-order valence-electron chi connectivity index (χ0n) is 19.7. The van der Waals surface area contributed by atoms with Crippen molar-refractivity contribution in [3.8, 4) is 0 Å². The van der Waals surface area contributed by atoms with Gasteiger partial charge < -0.3 is 15.4 Å². The summed E-state index contributed by atoms with van der Waals surface area (Å²) in [6, 6.07) is -1.33. The minimum absolute atomic E-state index is 0.0210. The fourth-order valence-electron chi connectivity index (χ4n) is 3.31. The largest absolute Gasteiger partial charge is 0.452 e. The van der Waals surface area contributed by atoms with Crippen LogP contribution in [-0.2, 0) is 23.9 Å². The molecule has 9 nitrogen and oxygen atoms in total. The fraction of sp³-hybridized carbons (Fsp3) is 0.727. The summed E-state index contributed by atoms with van der Waals surface area (Å²) in [6.45, 7) is 11.1. The predicted octanol–water partition coefficient (Wildman–Crippen LogP) is 1.15. The number of hydrazine groups is 1. The molecule has 9 heteroatoms. The number of hydrogen-bond donors (Lipinski definition) is 3. The maximum atomic E-state index is 12.8. The van der Waals surface area contributed by atoms with Crippen molar-refractivity contribution in [2.45, 2.75) is 72.6 Å². The molecule has 0 spiro atoms. The van der Waals surface area contributed by atoms with Gasteiger partial charge >= 0.3 is 5.97 Å². The van der Waals surface area contributed by atoms with Crippen LogP contribution in [0, 0.1) is 17.8 Å². The van der Waals surface area contributed by atoms with Crippen LogP contribution in [0.4, 0.5) is 0 Å². The van der Waals surface area contributed by atoms with Crippen LogP contribution < -0.4 is 16.1 Å². The number of ether oxygens (including phenoxy) is 1. The topological polar surface area (TPSA) is 117 Å². The quantitative estimate of drug-likeness (QED) is 0.367. The highest BCUT2D eigenvalue weighted by Gasteiger charge is 2.34. The highest BCUT2D eigenvalue weighted by atomic mass is 16.5. The molecule has 0 aromatic heterocycles. The molecule has 31 heavy (non-hydrogen) atoms. The lowest BCUT2D eigenvalue weighted by Gasteiger charge is -2.34. The lowest BCUT2D eigenvalue weighted by atomic mass is 9.95. The summed E-state index contributed by atoms with van der Waals surface area (Å²) in [5.74, 6) is -2.20. The lowest BCUT2D eigenvalue weighted by molar-refractivity contribution is -0.163. The molecule has 0 saturated carbocycles. The Morgan fingerprint density at radius 3 is 2.32 bits per heavy atom. The molecule has 1 saturated heterocycles. The molecule has 1 aliphatic rings. The molecule has 0 bridgehead atoms. The minimum Gasteiger partial charge on any atom is -0.452 e. The van der Waals surface area contributed by atoms with Gasteiger partial charge in [0.2, 0.25) is 5.91 Å². The standard InChI is InChI=1S/C22H38N4O5/c1-8-10-14(4)15(5)22(30)31-18(13(2)3)20(28)24-16(6)21(29)26-12-9-11-17(25-26)19(27)23-7/h8,10,13-18,25H,9,11-12H2,1-7H3,(H,23,27)(H,24,28)/b10-8+/t14?,15?,16-,17-,18-/m0/s1. The van der Waals surface area contributed by atoms with E-state index < -0.39 is 36.0 Å². The summed E-state index contributed by atoms with van der Waals surface area (Å²) < 4.78 is 5.51. The summed E-state index contributed by atoms with van der Waals surface area (Å²) >= 11 is 0. The average molecular weight is 439 g/mol. The molecular weight excluding hydrogens is 400 g/mol. The summed E-state index contributed by atoms with van der Waals surface area (Å²) in [6.07, 6.45) is 4.08. The van der Waals surface area contributed by atoms with Gasteiger partial charge in [0.1, 0.15) is 12.1 Å². The molecule has 5 atom stereocenters. The third-order valence-electron chi connectivity index (χ3n) is 5.51. The molecule has 1 heterocycles. The number of allylic oxidation sites excluding steroid dienone is 2. The summed E-state index contributed by atoms with van der Waals surface area (Å²) in [5, 5.41) is 6.58. The van der Waals surface area contributed by atoms with Crippen LogP contribution in [0.15, 0.2) is 12.2 Å². The number of hydrogen-bond acceptors (Lipinski definition) is 6. The molecule has 3 N–H and O–H groups in total. The van der Waals surface area contributed by atoms with Crippen molar-refractivity contribution in [1.82, 2.24) is 21.1 Å². The maximum absolute atomic E-state index is 12.8. The van der Waals surface area contributed by atoms with Crippen LogP contribution >= 0.6 is 0 Å². The number of likely N-dealkylation sites (N-methyl/N-ethyl adjacent to an activating group) is 1. The molecule has 176 valence electrons. The SMILES string of the molecule is C/C=C/C(C)C(C)C(=O)O[C@H](C(=O)N[C@@H](C)C(=O)N1CCC[C@@H](C(=O)NC)N1)C(C)C. The van der Waals surface area contributed by atoms with E-state index in [1.807, 2.05) is 26.0 Å². The summed E-state index contributed by atoms with van der Waals surface area (Å²) in [5.41, 5.74) is 2.91. The molecule has 1 aliphatic heterocycles. The normalized spacial score (nSPS) is 20.6. The van der Waals surface area contributed by atoms with Crippen molar-refractivity contribution in [1.29, 1.82) is 0 Å². The van der Waals surface area contributed by atoms with Gasteiger partial charge in [-0.25, -0.2) is 5.43 Å². The average Bonchev–Trinajstić information content (AvgIpc) is 2.75. The summed E-state index contributed by atoms with van der Waals surface area (Å²) in [4.78, 5) is 49.9. The van der Waals surface area contributed by atoms with Crippen molar-refractivity contribution >= 4 is 23.7 Å². The van der Waals surface area contributed by atoms with E-state index in [2.05, 4.69) is 16.1 Å². The Morgan fingerprint density at radius 1 is 1.13 bits per heavy atom. The number of rotatable bonds is 9. The molecule has 0 aliphatic carbocycles. The molecule has 2 unspecified atom stereocenters. The van der Waals surface area contributed by atoms with Crippen molar-refractivity contribution in [3.05, 3.63) is 12.2 Å². The van der Waals surface area contributed by atoms with Gasteiger partial charge in [-0.15, -0.1) is 0 Å². The Hall–Kier alpha value is -2.42. The van der Waals surface area contributed by atoms with Crippen LogP contribution in [0.3, 0.4) is 0 Å². The molecule has 1 rings (SSSR count). The van der Waals surface area contributed by atoms with Crippen molar-refractivity contribution < 1.29 is 23.9 Å². The zero-order chi connectivity index (χ0) is 23.7. The number of nitrogens with zero attached hydrogens (tertiary/aromatic N) is 1. The van der Waals surface area contributed by atoms with Crippen LogP contribution in [0.2, 0.25) is 0 Å². The first kappa shape index (κ1) is 26.6. The van der Waals surface area contributed by atoms with Gasteiger partial charge in [0.05, 0.1) is 5.92 Å². The van der Waals surface area contributed by atoms with E-state index in [0.717, 1.165) is 0 Å². The van der Waals surface area contributed by atoms with E-state index in [-0.39, 0.29) is 23.7 Å². The van der Waals surface area contributed by atoms with Crippen molar-refractivity contribution in [2.24, 2.45) is 17.8 Å². The van der Waals surface area contributed by atoms with Gasteiger partial charge in [0, 0.05) is 13.6 Å². The van der Waals surface area contributed by atoms with E-state index in [4.69, 9.17) is 4.74 Å². The Balaban J connectivity index is 2.75. The highest BCUT2D eigenvalue weighted by molar-refractivity contribution is 5.90. The Labute approximate surface area is 185 Å². The summed E-state index contributed by atoms with van der Waals surface area (Å²) in [7, 11) is 1.54. The van der Waals surface area contributed by atoms with Gasteiger partial charge in [-0.3, -0.25) is 24.2 Å². The van der Waals surface area contributed by atoms with Gasteiger partial charge in [0.25, 0.3) is 11.8 Å². The van der Waals surface area contributed by atoms with Gasteiger partial charge in [-0.1, -0.05) is 39.8 Å². The number of carbonyl (C=O) groups is 4. The third-order valence-corrected chi connectivity index (χ3v) is 5.51. The van der Waals surface area contributed by atoms with E-state index in [1.54, 1.807) is 34.7 Å². The first-order chi connectivity index (χ1) is 14.5. The molecule has 0 aromatic carbocycles. The van der Waals surface area contributed by atoms with Crippen molar-refractivity contribution in [3.63, 3.8) is 0 Å². The first-order valence-electron chi connectivity index (χ1n) is 11.0. The lowest BCUT2D eigenvalue weighted by Crippen LogP contribution is -2.61. The molecule has 1 fully saturated rings. The zero-order valence-corrected chi connectivity index (χ0v) is 19.7. The van der Waals surface area contributed by atoms with E-state index in [1.165, 1.54) is 5.01 Å². The second-order valence-electron chi connectivity index (χ2n) is 8.43. The monoisotopic (exact) mass is 438 g/mol. The minimum atomic E-state index is -1.00. The van der Waals surface area contributed by atoms with E-state index in [0.29, 0.717) is 19.4 Å². The molecule has 0 radical (unpaired) electrons. The van der Waals surface area contributed by atoms with Gasteiger partial charge in [0.15, 0.2) is 6.10 Å². The number of esters is 1. The maximum Gasteiger partial charge on any atom is 0.310 e. The fourth-order valence-corrected chi connectivity index (χ4v) is 3.31. The van der Waals surface area contributed by atoms with Crippen LogP contribution in [0.5, 0.6) is 0 Å². The van der Waals surface area contributed by atoms with Crippen LogP contribution in [0.1, 0.15) is 54.4 Å². The molecule has 0 aromatic rings. The Morgan fingerprint density at radius 2 is 1.77 bits per heavy atom. The van der Waals surface area contributed by atoms with Gasteiger partial charge in [-0.2, -0.15) is 0 Å². The predicted molar refractivity (Wildman–Crippen MR) is 117 cm³/mol. The van der Waals surface area contributed by atoms with E-state index in [9.17, 15) is 19.2 Å². The Kier molecular flexibility index (Phi) is 10.7. The van der Waals surface area contributed by atoms with Crippen LogP contribution in [0.25, 0.3) is 0 Å². The number of amides is 3. The van der Waals surface area contributed by atoms with Crippen LogP contribution in [-0.4, -0.2) is 60.5 Å². The van der Waals surface area contributed by atoms with Crippen molar-refractivity contribution in [2.75, 3.05) is 13.6 Å². The molecule has 3 amide bonds.